The SMILES string of the molecule is CNC(C)C(=O)N1CCC(C(N)=O)CC1. The Labute approximate surface area is 90.0 Å². The van der Waals surface area contributed by atoms with Gasteiger partial charge in [0.1, 0.15) is 0 Å². The highest BCUT2D eigenvalue weighted by Gasteiger charge is 2.27. The van der Waals surface area contributed by atoms with Gasteiger partial charge >= 0.3 is 0 Å². The van der Waals surface area contributed by atoms with Crippen molar-refractivity contribution in [3.8, 4) is 0 Å². The molecule has 5 nitrogen and oxygen atoms in total. The molecule has 0 aromatic rings. The Morgan fingerprint density at radius 2 is 1.93 bits per heavy atom. The molecule has 1 atom stereocenters. The zero-order chi connectivity index (χ0) is 11.4. The molecule has 5 heteroatoms. The molecule has 0 radical (unpaired) electrons. The van der Waals surface area contributed by atoms with Crippen molar-refractivity contribution in [2.45, 2.75) is 25.8 Å². The molecular weight excluding hydrogens is 194 g/mol. The minimum Gasteiger partial charge on any atom is -0.369 e. The van der Waals surface area contributed by atoms with Crippen molar-refractivity contribution in [3.05, 3.63) is 0 Å². The molecule has 1 fully saturated rings. The number of likely N-dealkylation sites (tertiary alicyclic amines) is 1. The van der Waals surface area contributed by atoms with Crippen LogP contribution in [0.3, 0.4) is 0 Å². The molecule has 0 aromatic heterocycles. The van der Waals surface area contributed by atoms with Crippen molar-refractivity contribution >= 4 is 11.8 Å². The van der Waals surface area contributed by atoms with E-state index >= 15 is 0 Å². The summed E-state index contributed by atoms with van der Waals surface area (Å²) in [5, 5.41) is 2.91. The zero-order valence-corrected chi connectivity index (χ0v) is 9.32. The molecule has 1 heterocycles. The third-order valence-electron chi connectivity index (χ3n) is 3.01. The van der Waals surface area contributed by atoms with Gasteiger partial charge in [-0.3, -0.25) is 9.59 Å². The van der Waals surface area contributed by atoms with Gasteiger partial charge in [0.15, 0.2) is 0 Å². The maximum Gasteiger partial charge on any atom is 0.239 e. The van der Waals surface area contributed by atoms with Crippen molar-refractivity contribution in [1.82, 2.24) is 10.2 Å². The Balaban J connectivity index is 2.43. The third-order valence-corrected chi connectivity index (χ3v) is 3.01. The molecule has 15 heavy (non-hydrogen) atoms. The van der Waals surface area contributed by atoms with Crippen LogP contribution in [0.25, 0.3) is 0 Å². The zero-order valence-electron chi connectivity index (χ0n) is 9.32. The molecule has 0 aliphatic carbocycles. The number of nitrogens with two attached hydrogens (primary N) is 1. The lowest BCUT2D eigenvalue weighted by atomic mass is 9.96. The number of nitrogens with one attached hydrogen (secondary N) is 1. The Kier molecular flexibility index (Phi) is 4.08. The minimum absolute atomic E-state index is 0.0565. The Bertz CT molecular complexity index is 247. The van der Waals surface area contributed by atoms with Crippen LogP contribution in [0.5, 0.6) is 0 Å². The van der Waals surface area contributed by atoms with E-state index in [-0.39, 0.29) is 23.8 Å². The third kappa shape index (κ3) is 2.92. The van der Waals surface area contributed by atoms with E-state index in [1.807, 2.05) is 6.92 Å². The van der Waals surface area contributed by atoms with E-state index in [1.165, 1.54) is 0 Å². The highest BCUT2D eigenvalue weighted by molar-refractivity contribution is 5.82. The van der Waals surface area contributed by atoms with E-state index in [4.69, 9.17) is 5.73 Å². The number of carbonyl (C=O) groups excluding carboxylic acids is 2. The average molecular weight is 213 g/mol. The molecule has 2 amide bonds. The molecule has 1 aliphatic rings. The Hall–Kier alpha value is -1.10. The fourth-order valence-corrected chi connectivity index (χ4v) is 1.78. The van der Waals surface area contributed by atoms with E-state index in [1.54, 1.807) is 11.9 Å². The first-order chi connectivity index (χ1) is 7.06. The van der Waals surface area contributed by atoms with Crippen LogP contribution in [0.2, 0.25) is 0 Å². The maximum absolute atomic E-state index is 11.8. The molecule has 86 valence electrons. The summed E-state index contributed by atoms with van der Waals surface area (Å²) in [7, 11) is 1.76. The van der Waals surface area contributed by atoms with Crippen LogP contribution in [-0.2, 0) is 9.59 Å². The molecule has 0 spiro atoms. The molecule has 0 aromatic carbocycles. The molecule has 3 N–H and O–H groups in total. The number of rotatable bonds is 3. The van der Waals surface area contributed by atoms with Gasteiger partial charge in [-0.25, -0.2) is 0 Å². The van der Waals surface area contributed by atoms with Crippen LogP contribution < -0.4 is 11.1 Å². The van der Waals surface area contributed by atoms with Gasteiger partial charge < -0.3 is 16.0 Å². The summed E-state index contributed by atoms with van der Waals surface area (Å²) in [4.78, 5) is 24.5. The summed E-state index contributed by atoms with van der Waals surface area (Å²) in [6.07, 6.45) is 1.38. The fraction of sp³-hybridized carbons (Fsp3) is 0.800. The number of piperidine rings is 1. The van der Waals surface area contributed by atoms with Crippen molar-refractivity contribution in [1.29, 1.82) is 0 Å². The lowest BCUT2D eigenvalue weighted by molar-refractivity contribution is -0.136. The van der Waals surface area contributed by atoms with Gasteiger partial charge in [-0.15, -0.1) is 0 Å². The number of likely N-dealkylation sites (N-methyl/N-ethyl adjacent to an activating group) is 1. The van der Waals surface area contributed by atoms with Crippen molar-refractivity contribution in [2.24, 2.45) is 11.7 Å². The second kappa shape index (κ2) is 5.11. The second-order valence-corrected chi connectivity index (χ2v) is 4.01. The van der Waals surface area contributed by atoms with E-state index in [0.717, 1.165) is 0 Å². The van der Waals surface area contributed by atoms with Gasteiger partial charge in [-0.05, 0) is 26.8 Å². The van der Waals surface area contributed by atoms with Gasteiger partial charge in [0.25, 0.3) is 0 Å². The summed E-state index contributed by atoms with van der Waals surface area (Å²) in [5.74, 6) is -0.205. The predicted octanol–water partition coefficient (Wildman–Crippen LogP) is -0.682. The van der Waals surface area contributed by atoms with Crippen LogP contribution in [0.1, 0.15) is 19.8 Å². The summed E-state index contributed by atoms with van der Waals surface area (Å²) < 4.78 is 0. The molecule has 1 rings (SSSR count). The molecule has 1 unspecified atom stereocenters. The maximum atomic E-state index is 11.8. The van der Waals surface area contributed by atoms with Crippen LogP contribution in [-0.4, -0.2) is 42.9 Å². The normalized spacial score (nSPS) is 20.0. The largest absolute Gasteiger partial charge is 0.369 e. The summed E-state index contributed by atoms with van der Waals surface area (Å²) in [6.45, 7) is 3.11. The lowest BCUT2D eigenvalue weighted by Crippen LogP contribution is -2.48. The van der Waals surface area contributed by atoms with Gasteiger partial charge in [0, 0.05) is 19.0 Å². The van der Waals surface area contributed by atoms with Gasteiger partial charge in [0.2, 0.25) is 11.8 Å². The van der Waals surface area contributed by atoms with Crippen LogP contribution >= 0.6 is 0 Å². The highest BCUT2D eigenvalue weighted by atomic mass is 16.2. The van der Waals surface area contributed by atoms with Gasteiger partial charge in [-0.2, -0.15) is 0 Å². The summed E-state index contributed by atoms with van der Waals surface area (Å²) in [5.41, 5.74) is 5.22. The predicted molar refractivity (Wildman–Crippen MR) is 57.0 cm³/mol. The Morgan fingerprint density at radius 1 is 1.40 bits per heavy atom. The highest BCUT2D eigenvalue weighted by Crippen LogP contribution is 2.17. The number of hydrogen-bond donors (Lipinski definition) is 2. The van der Waals surface area contributed by atoms with Gasteiger partial charge in [-0.1, -0.05) is 0 Å². The molecule has 1 saturated heterocycles. The summed E-state index contributed by atoms with van der Waals surface area (Å²) >= 11 is 0. The average Bonchev–Trinajstić information content (AvgIpc) is 2.27. The second-order valence-electron chi connectivity index (χ2n) is 4.01. The Morgan fingerprint density at radius 3 is 2.33 bits per heavy atom. The number of hydrogen-bond acceptors (Lipinski definition) is 3. The molecule has 0 saturated carbocycles. The quantitative estimate of drug-likeness (QED) is 0.652. The first kappa shape index (κ1) is 12.0. The topological polar surface area (TPSA) is 75.4 Å². The van der Waals surface area contributed by atoms with E-state index in [2.05, 4.69) is 5.32 Å². The van der Waals surface area contributed by atoms with E-state index in [9.17, 15) is 9.59 Å². The molecule has 1 aliphatic heterocycles. The van der Waals surface area contributed by atoms with E-state index < -0.39 is 0 Å². The number of carbonyl (C=O) groups is 2. The monoisotopic (exact) mass is 213 g/mol. The first-order valence-corrected chi connectivity index (χ1v) is 5.31. The minimum atomic E-state index is -0.247. The molecule has 0 bridgehead atoms. The number of nitrogens with zero attached hydrogens (tertiary/aromatic N) is 1. The lowest BCUT2D eigenvalue weighted by Gasteiger charge is -2.32. The summed E-state index contributed by atoms with van der Waals surface area (Å²) in [6, 6.07) is -0.157. The van der Waals surface area contributed by atoms with Crippen LogP contribution in [0.4, 0.5) is 0 Å². The van der Waals surface area contributed by atoms with Gasteiger partial charge in [0.05, 0.1) is 6.04 Å². The smallest absolute Gasteiger partial charge is 0.239 e. The number of amides is 2. The van der Waals surface area contributed by atoms with Crippen LogP contribution in [0.15, 0.2) is 0 Å². The van der Waals surface area contributed by atoms with Crippen molar-refractivity contribution in [2.75, 3.05) is 20.1 Å². The first-order valence-electron chi connectivity index (χ1n) is 5.31. The van der Waals surface area contributed by atoms with E-state index in [0.29, 0.717) is 25.9 Å². The van der Waals surface area contributed by atoms with Crippen molar-refractivity contribution in [3.63, 3.8) is 0 Å². The fourth-order valence-electron chi connectivity index (χ4n) is 1.78. The van der Waals surface area contributed by atoms with Crippen molar-refractivity contribution < 1.29 is 9.59 Å². The number of primary amides is 1. The standard InChI is InChI=1S/C10H19N3O2/c1-7(12-2)10(15)13-5-3-8(4-6-13)9(11)14/h7-8,12H,3-6H2,1-2H3,(H2,11,14). The van der Waals surface area contributed by atoms with Crippen LogP contribution in [0, 0.1) is 5.92 Å². The molecular formula is C10H19N3O2.